The van der Waals surface area contributed by atoms with Gasteiger partial charge < -0.3 is 14.4 Å². The van der Waals surface area contributed by atoms with Gasteiger partial charge in [-0.2, -0.15) is 0 Å². The molecular formula is C21H25Cl2N3O3S. The van der Waals surface area contributed by atoms with E-state index in [0.717, 1.165) is 17.7 Å². The first-order valence-electron chi connectivity index (χ1n) is 9.18. The lowest BCUT2D eigenvalue weighted by molar-refractivity contribution is 0.0985. The van der Waals surface area contributed by atoms with Crippen molar-refractivity contribution >= 4 is 56.6 Å². The fourth-order valence-corrected chi connectivity index (χ4v) is 4.26. The minimum absolute atomic E-state index is 0. The van der Waals surface area contributed by atoms with Crippen molar-refractivity contribution in [1.82, 2.24) is 9.88 Å². The van der Waals surface area contributed by atoms with Crippen LogP contribution in [0.25, 0.3) is 10.2 Å². The highest BCUT2D eigenvalue weighted by Gasteiger charge is 2.23. The Balaban J connectivity index is 0.00000320. The molecule has 6 nitrogen and oxygen atoms in total. The molecule has 0 aliphatic heterocycles. The van der Waals surface area contributed by atoms with Crippen LogP contribution in [0.15, 0.2) is 36.4 Å². The highest BCUT2D eigenvalue weighted by Crippen LogP contribution is 2.34. The van der Waals surface area contributed by atoms with Crippen LogP contribution in [0.5, 0.6) is 11.5 Å². The Labute approximate surface area is 191 Å². The summed E-state index contributed by atoms with van der Waals surface area (Å²) in [5, 5.41) is 1.21. The number of benzene rings is 2. The van der Waals surface area contributed by atoms with Gasteiger partial charge in [0.15, 0.2) is 16.6 Å². The number of carbonyl (C=O) groups is 1. The molecule has 2 aromatic carbocycles. The van der Waals surface area contributed by atoms with E-state index in [4.69, 9.17) is 21.1 Å². The molecule has 0 unspecified atom stereocenters. The number of fused-ring (bicyclic) bond motifs is 1. The molecule has 0 fully saturated rings. The lowest BCUT2D eigenvalue weighted by Crippen LogP contribution is -2.33. The van der Waals surface area contributed by atoms with Gasteiger partial charge in [0.25, 0.3) is 5.91 Å². The maximum absolute atomic E-state index is 13.4. The maximum atomic E-state index is 13.4. The fraction of sp³-hybridized carbons (Fsp3) is 0.333. The number of rotatable bonds is 8. The first-order valence-corrected chi connectivity index (χ1v) is 10.4. The van der Waals surface area contributed by atoms with Crippen molar-refractivity contribution in [2.24, 2.45) is 0 Å². The van der Waals surface area contributed by atoms with Gasteiger partial charge in [-0.1, -0.05) is 29.0 Å². The fourth-order valence-electron chi connectivity index (χ4n) is 2.97. The zero-order valence-electron chi connectivity index (χ0n) is 17.3. The maximum Gasteiger partial charge on any atom is 0.260 e. The van der Waals surface area contributed by atoms with E-state index in [1.807, 2.05) is 26.2 Å². The summed E-state index contributed by atoms with van der Waals surface area (Å²) in [4.78, 5) is 21.9. The summed E-state index contributed by atoms with van der Waals surface area (Å²) in [6.45, 7) is 1.41. The second-order valence-corrected chi connectivity index (χ2v) is 8.18. The van der Waals surface area contributed by atoms with Gasteiger partial charge in [-0.25, -0.2) is 4.98 Å². The number of para-hydroxylation sites is 1. The van der Waals surface area contributed by atoms with Crippen molar-refractivity contribution in [2.45, 2.75) is 6.42 Å². The zero-order valence-corrected chi connectivity index (χ0v) is 19.7. The molecule has 0 aliphatic carbocycles. The van der Waals surface area contributed by atoms with Gasteiger partial charge in [0.1, 0.15) is 5.52 Å². The van der Waals surface area contributed by atoms with E-state index in [0.29, 0.717) is 39.3 Å². The van der Waals surface area contributed by atoms with Crippen LogP contribution in [0.2, 0.25) is 5.02 Å². The number of nitrogens with zero attached hydrogens (tertiary/aromatic N) is 3. The third kappa shape index (κ3) is 5.35. The average molecular weight is 470 g/mol. The molecule has 0 spiro atoms. The molecular weight excluding hydrogens is 445 g/mol. The smallest absolute Gasteiger partial charge is 0.260 e. The summed E-state index contributed by atoms with van der Waals surface area (Å²) in [5.74, 6) is 0.953. The molecule has 0 saturated carbocycles. The van der Waals surface area contributed by atoms with Gasteiger partial charge in [0.2, 0.25) is 0 Å². The van der Waals surface area contributed by atoms with E-state index in [2.05, 4.69) is 9.88 Å². The number of aromatic nitrogens is 1. The Bertz CT molecular complexity index is 1010. The molecule has 162 valence electrons. The van der Waals surface area contributed by atoms with Crippen LogP contribution in [-0.2, 0) is 0 Å². The van der Waals surface area contributed by atoms with Crippen LogP contribution in [0.3, 0.4) is 0 Å². The molecule has 1 amide bonds. The van der Waals surface area contributed by atoms with Crippen molar-refractivity contribution in [1.29, 1.82) is 0 Å². The van der Waals surface area contributed by atoms with Crippen molar-refractivity contribution in [3.8, 4) is 11.5 Å². The number of hydrogen-bond donors (Lipinski definition) is 0. The number of carbonyl (C=O) groups excluding carboxylic acids is 1. The molecule has 30 heavy (non-hydrogen) atoms. The van der Waals surface area contributed by atoms with Crippen molar-refractivity contribution in [2.75, 3.05) is 46.3 Å². The Morgan fingerprint density at radius 1 is 1.10 bits per heavy atom. The Hall–Kier alpha value is -2.06. The molecule has 0 N–H and O–H groups in total. The van der Waals surface area contributed by atoms with Crippen molar-refractivity contribution < 1.29 is 14.3 Å². The summed E-state index contributed by atoms with van der Waals surface area (Å²) in [5.41, 5.74) is 1.23. The third-order valence-corrected chi connectivity index (χ3v) is 5.80. The largest absolute Gasteiger partial charge is 0.493 e. The van der Waals surface area contributed by atoms with Crippen LogP contribution in [-0.4, -0.2) is 57.2 Å². The number of hydrogen-bond acceptors (Lipinski definition) is 6. The summed E-state index contributed by atoms with van der Waals surface area (Å²) >= 11 is 7.75. The van der Waals surface area contributed by atoms with E-state index in [1.54, 1.807) is 43.4 Å². The zero-order chi connectivity index (χ0) is 21.0. The monoisotopic (exact) mass is 469 g/mol. The number of halogens is 2. The second-order valence-electron chi connectivity index (χ2n) is 6.77. The van der Waals surface area contributed by atoms with Crippen molar-refractivity contribution in [3.05, 3.63) is 47.0 Å². The normalized spacial score (nSPS) is 10.7. The van der Waals surface area contributed by atoms with E-state index >= 15 is 0 Å². The van der Waals surface area contributed by atoms with Crippen LogP contribution in [0, 0.1) is 0 Å². The first-order chi connectivity index (χ1) is 13.9. The molecule has 0 radical (unpaired) electrons. The molecule has 1 aromatic heterocycles. The van der Waals surface area contributed by atoms with E-state index in [-0.39, 0.29) is 18.3 Å². The van der Waals surface area contributed by atoms with Crippen LogP contribution < -0.4 is 14.4 Å². The Morgan fingerprint density at radius 3 is 2.47 bits per heavy atom. The SMILES string of the molecule is COc1ccc(C(=O)N(CCCN(C)C)c2nc3c(Cl)cccc3s2)cc1OC.Cl. The molecule has 3 aromatic rings. The number of amides is 1. The van der Waals surface area contributed by atoms with Crippen LogP contribution >= 0.6 is 35.3 Å². The van der Waals surface area contributed by atoms with E-state index in [1.165, 1.54) is 11.3 Å². The molecule has 0 bridgehead atoms. The summed E-state index contributed by atoms with van der Waals surface area (Å²) in [7, 11) is 7.14. The number of anilines is 1. The van der Waals surface area contributed by atoms with Gasteiger partial charge in [0.05, 0.1) is 23.9 Å². The van der Waals surface area contributed by atoms with Gasteiger partial charge in [-0.05, 0) is 57.4 Å². The molecule has 3 rings (SSSR count). The first kappa shape index (κ1) is 24.2. The molecule has 0 atom stereocenters. The molecule has 1 heterocycles. The predicted molar refractivity (Wildman–Crippen MR) is 126 cm³/mol. The van der Waals surface area contributed by atoms with Gasteiger partial charge >= 0.3 is 0 Å². The van der Waals surface area contributed by atoms with Gasteiger partial charge in [-0.3, -0.25) is 9.69 Å². The van der Waals surface area contributed by atoms with Crippen LogP contribution in [0.1, 0.15) is 16.8 Å². The minimum Gasteiger partial charge on any atom is -0.493 e. The standard InChI is InChI=1S/C21H24ClN3O3S.ClH/c1-24(2)11-6-12-25(21-23-19-15(22)7-5-8-18(19)29-21)20(26)14-9-10-16(27-3)17(13-14)28-4;/h5,7-10,13H,6,11-12H2,1-4H3;1H. The lowest BCUT2D eigenvalue weighted by Gasteiger charge is -2.21. The predicted octanol–water partition coefficient (Wildman–Crippen LogP) is 4.99. The minimum atomic E-state index is -0.139. The third-order valence-electron chi connectivity index (χ3n) is 4.45. The summed E-state index contributed by atoms with van der Waals surface area (Å²) < 4.78 is 11.6. The van der Waals surface area contributed by atoms with Gasteiger partial charge in [-0.15, -0.1) is 12.4 Å². The topological polar surface area (TPSA) is 54.9 Å². The quantitative estimate of drug-likeness (QED) is 0.465. The van der Waals surface area contributed by atoms with Crippen molar-refractivity contribution in [3.63, 3.8) is 0 Å². The average Bonchev–Trinajstić information content (AvgIpc) is 3.15. The van der Waals surface area contributed by atoms with Crippen LogP contribution in [0.4, 0.5) is 5.13 Å². The van der Waals surface area contributed by atoms with E-state index in [9.17, 15) is 4.79 Å². The number of methoxy groups -OCH3 is 2. The Morgan fingerprint density at radius 2 is 1.83 bits per heavy atom. The number of ether oxygens (including phenoxy) is 2. The van der Waals surface area contributed by atoms with E-state index < -0.39 is 0 Å². The highest BCUT2D eigenvalue weighted by molar-refractivity contribution is 7.22. The summed E-state index contributed by atoms with van der Waals surface area (Å²) in [6.07, 6.45) is 0.815. The number of thiazole rings is 1. The Kier molecular flexibility index (Phi) is 8.73. The molecule has 9 heteroatoms. The summed E-state index contributed by atoms with van der Waals surface area (Å²) in [6, 6.07) is 10.8. The second kappa shape index (κ2) is 10.8. The van der Waals surface area contributed by atoms with Gasteiger partial charge in [0, 0.05) is 12.1 Å². The highest BCUT2D eigenvalue weighted by atomic mass is 35.5. The molecule has 0 aliphatic rings. The lowest BCUT2D eigenvalue weighted by atomic mass is 10.1. The molecule has 0 saturated heterocycles.